The van der Waals surface area contributed by atoms with Crippen LogP contribution >= 0.6 is 0 Å². The average molecular weight is 414 g/mol. The van der Waals surface area contributed by atoms with Crippen LogP contribution in [0.1, 0.15) is 32.1 Å². The lowest BCUT2D eigenvalue weighted by Crippen LogP contribution is -2.31. The highest BCUT2D eigenvalue weighted by Crippen LogP contribution is 2.23. The zero-order valence-electron chi connectivity index (χ0n) is 15.6. The quantitative estimate of drug-likeness (QED) is 0.429. The van der Waals surface area contributed by atoms with Gasteiger partial charge in [-0.05, 0) is 44.2 Å². The van der Waals surface area contributed by atoms with E-state index in [9.17, 15) is 31.9 Å². The van der Waals surface area contributed by atoms with Crippen LogP contribution in [0.15, 0.2) is 30.3 Å². The molecule has 2 aromatic rings. The van der Waals surface area contributed by atoms with Crippen molar-refractivity contribution in [1.29, 1.82) is 0 Å². The molecule has 6 nitrogen and oxygen atoms in total. The van der Waals surface area contributed by atoms with Crippen molar-refractivity contribution in [3.8, 4) is 0 Å². The predicted octanol–water partition coefficient (Wildman–Crippen LogP) is 2.96. The summed E-state index contributed by atoms with van der Waals surface area (Å²) in [5, 5.41) is 2.26. The molecule has 0 fully saturated rings. The molecular weight excluding hydrogens is 396 g/mol. The van der Waals surface area contributed by atoms with E-state index in [2.05, 4.69) is 5.32 Å². The number of aryl methyl sites for hydroxylation is 1. The normalized spacial score (nSPS) is 11.2. The molecule has 2 rings (SSSR count). The molecule has 29 heavy (non-hydrogen) atoms. The Morgan fingerprint density at radius 2 is 1.72 bits per heavy atom. The summed E-state index contributed by atoms with van der Waals surface area (Å²) in [4.78, 5) is 35.7. The van der Waals surface area contributed by atoms with Crippen LogP contribution in [0.4, 0.5) is 17.6 Å². The van der Waals surface area contributed by atoms with Gasteiger partial charge in [-0.25, -0.2) is 4.39 Å². The minimum Gasteiger partial charge on any atom is -0.456 e. The summed E-state index contributed by atoms with van der Waals surface area (Å²) in [6, 6.07) is 5.93. The number of aromatic nitrogens is 1. The molecule has 0 saturated heterocycles. The summed E-state index contributed by atoms with van der Waals surface area (Å²) in [6.07, 6.45) is -4.44. The van der Waals surface area contributed by atoms with Crippen LogP contribution in [0, 0.1) is 19.7 Å². The van der Waals surface area contributed by atoms with Crippen molar-refractivity contribution in [1.82, 2.24) is 9.88 Å². The number of halogens is 4. The van der Waals surface area contributed by atoms with E-state index in [0.717, 1.165) is 16.7 Å². The van der Waals surface area contributed by atoms with Gasteiger partial charge in [-0.1, -0.05) is 0 Å². The highest BCUT2D eigenvalue weighted by molar-refractivity contribution is 6.00. The number of hydrogen-bond donors (Lipinski definition) is 1. The molecule has 0 aliphatic heterocycles. The van der Waals surface area contributed by atoms with Crippen molar-refractivity contribution in [3.05, 3.63) is 58.7 Å². The third kappa shape index (κ3) is 6.16. The second kappa shape index (κ2) is 8.89. The second-order valence-corrected chi connectivity index (χ2v) is 6.26. The fraction of sp³-hybridized carbons (Fsp3) is 0.316. The summed E-state index contributed by atoms with van der Waals surface area (Å²) in [5.41, 5.74) is 0.522. The summed E-state index contributed by atoms with van der Waals surface area (Å²) < 4.78 is 56.4. The number of ketones is 1. The van der Waals surface area contributed by atoms with Gasteiger partial charge in [-0.2, -0.15) is 13.2 Å². The SMILES string of the molecule is Cc1cc(C(=O)COC(=O)CNC(=O)c2ccc(F)cc2)c(C)n1CC(F)(F)F. The molecule has 0 spiro atoms. The lowest BCUT2D eigenvalue weighted by atomic mass is 10.1. The molecule has 1 heterocycles. The van der Waals surface area contributed by atoms with Crippen molar-refractivity contribution in [2.75, 3.05) is 13.2 Å². The smallest absolute Gasteiger partial charge is 0.406 e. The summed E-state index contributed by atoms with van der Waals surface area (Å²) in [6.45, 7) is 0.370. The first kappa shape index (κ1) is 22.1. The average Bonchev–Trinajstić information content (AvgIpc) is 2.91. The molecule has 0 atom stereocenters. The molecule has 1 amide bonds. The van der Waals surface area contributed by atoms with Crippen LogP contribution in [0.2, 0.25) is 0 Å². The standard InChI is InChI=1S/C19H18F4N2O4/c1-11-7-15(12(2)25(11)10-19(21,22)23)16(26)9-29-17(27)8-24-18(28)13-3-5-14(20)6-4-13/h3-7H,8-10H2,1-2H3,(H,24,28). The Balaban J connectivity index is 1.89. The highest BCUT2D eigenvalue weighted by atomic mass is 19.4. The number of carbonyl (C=O) groups is 3. The van der Waals surface area contributed by atoms with Crippen molar-refractivity contribution in [3.63, 3.8) is 0 Å². The van der Waals surface area contributed by atoms with Crippen molar-refractivity contribution < 1.29 is 36.7 Å². The molecule has 1 aromatic carbocycles. The van der Waals surface area contributed by atoms with Gasteiger partial charge in [0.05, 0.1) is 0 Å². The van der Waals surface area contributed by atoms with Gasteiger partial charge in [0.1, 0.15) is 18.9 Å². The van der Waals surface area contributed by atoms with E-state index in [4.69, 9.17) is 4.74 Å². The predicted molar refractivity (Wildman–Crippen MR) is 94.0 cm³/mol. The maximum absolute atomic E-state index is 12.8. The van der Waals surface area contributed by atoms with Gasteiger partial charge in [-0.15, -0.1) is 0 Å². The van der Waals surface area contributed by atoms with Crippen LogP contribution in [-0.2, 0) is 16.1 Å². The molecule has 0 saturated carbocycles. The van der Waals surface area contributed by atoms with E-state index in [-0.39, 0.29) is 22.5 Å². The monoisotopic (exact) mass is 414 g/mol. The van der Waals surface area contributed by atoms with Crippen molar-refractivity contribution in [2.24, 2.45) is 0 Å². The zero-order valence-corrected chi connectivity index (χ0v) is 15.6. The first-order valence-corrected chi connectivity index (χ1v) is 8.44. The number of carbonyl (C=O) groups excluding carboxylic acids is 3. The molecule has 0 unspecified atom stereocenters. The van der Waals surface area contributed by atoms with Crippen LogP contribution in [0.5, 0.6) is 0 Å². The van der Waals surface area contributed by atoms with Crippen LogP contribution in [0.3, 0.4) is 0 Å². The second-order valence-electron chi connectivity index (χ2n) is 6.26. The Hall–Kier alpha value is -3.17. The fourth-order valence-electron chi connectivity index (χ4n) is 2.64. The Kier molecular flexibility index (Phi) is 6.78. The van der Waals surface area contributed by atoms with Crippen molar-refractivity contribution >= 4 is 17.7 Å². The number of nitrogens with one attached hydrogen (secondary N) is 1. The first-order chi connectivity index (χ1) is 13.5. The summed E-state index contributed by atoms with van der Waals surface area (Å²) >= 11 is 0. The maximum Gasteiger partial charge on any atom is 0.406 e. The van der Waals surface area contributed by atoms with Gasteiger partial charge in [0.2, 0.25) is 5.78 Å². The van der Waals surface area contributed by atoms with Gasteiger partial charge in [-0.3, -0.25) is 14.4 Å². The lowest BCUT2D eigenvalue weighted by Gasteiger charge is -2.12. The van der Waals surface area contributed by atoms with Gasteiger partial charge < -0.3 is 14.6 Å². The number of Topliss-reactive ketones (excluding diaryl/α,β-unsaturated/α-hetero) is 1. The molecule has 10 heteroatoms. The number of benzene rings is 1. The van der Waals surface area contributed by atoms with Crippen molar-refractivity contribution in [2.45, 2.75) is 26.6 Å². The Bertz CT molecular complexity index is 918. The van der Waals surface area contributed by atoms with E-state index < -0.39 is 49.3 Å². The summed E-state index contributed by atoms with van der Waals surface area (Å²) in [7, 11) is 0. The first-order valence-electron chi connectivity index (χ1n) is 8.44. The molecule has 1 aromatic heterocycles. The summed E-state index contributed by atoms with van der Waals surface area (Å²) in [5.74, 6) is -2.72. The number of amides is 1. The minimum absolute atomic E-state index is 0.0231. The number of nitrogens with zero attached hydrogens (tertiary/aromatic N) is 1. The lowest BCUT2D eigenvalue weighted by molar-refractivity contribution is -0.141. The van der Waals surface area contributed by atoms with Gasteiger partial charge >= 0.3 is 12.1 Å². The fourth-order valence-corrected chi connectivity index (χ4v) is 2.64. The molecular formula is C19H18F4N2O4. The number of alkyl halides is 3. The third-order valence-corrected chi connectivity index (χ3v) is 4.08. The topological polar surface area (TPSA) is 77.4 Å². The Morgan fingerprint density at radius 3 is 2.31 bits per heavy atom. The highest BCUT2D eigenvalue weighted by Gasteiger charge is 2.30. The van der Waals surface area contributed by atoms with Crippen LogP contribution in [-0.4, -0.2) is 41.6 Å². The van der Waals surface area contributed by atoms with Gasteiger partial charge in [0.25, 0.3) is 5.91 Å². The zero-order chi connectivity index (χ0) is 21.8. The van der Waals surface area contributed by atoms with Gasteiger partial charge in [0.15, 0.2) is 6.61 Å². The molecule has 0 aliphatic carbocycles. The minimum atomic E-state index is -4.44. The number of hydrogen-bond acceptors (Lipinski definition) is 4. The molecule has 0 aliphatic rings. The third-order valence-electron chi connectivity index (χ3n) is 4.08. The Morgan fingerprint density at radius 1 is 1.10 bits per heavy atom. The molecule has 1 N–H and O–H groups in total. The van der Waals surface area contributed by atoms with E-state index in [1.165, 1.54) is 32.0 Å². The number of rotatable bonds is 7. The van der Waals surface area contributed by atoms with Crippen LogP contribution in [0.25, 0.3) is 0 Å². The molecule has 0 radical (unpaired) electrons. The van der Waals surface area contributed by atoms with Crippen LogP contribution < -0.4 is 5.32 Å². The van der Waals surface area contributed by atoms with E-state index in [0.29, 0.717) is 0 Å². The largest absolute Gasteiger partial charge is 0.456 e. The maximum atomic E-state index is 12.8. The van der Waals surface area contributed by atoms with E-state index in [1.807, 2.05) is 0 Å². The number of esters is 1. The molecule has 0 bridgehead atoms. The van der Waals surface area contributed by atoms with E-state index in [1.54, 1.807) is 0 Å². The number of ether oxygens (including phenoxy) is 1. The molecule has 156 valence electrons. The van der Waals surface area contributed by atoms with E-state index >= 15 is 0 Å². The van der Waals surface area contributed by atoms with Gasteiger partial charge in [0, 0.05) is 22.5 Å². The Labute approximate surface area is 163 Å².